The Morgan fingerprint density at radius 1 is 1.04 bits per heavy atom. The number of carbonyl (C=O) groups is 2. The van der Waals surface area contributed by atoms with Gasteiger partial charge < -0.3 is 14.8 Å². The second-order valence-electron chi connectivity index (χ2n) is 7.97. The molecule has 23 heavy (non-hydrogen) atoms. The zero-order valence-electron chi connectivity index (χ0n) is 14.9. The van der Waals surface area contributed by atoms with Crippen LogP contribution in [0.3, 0.4) is 0 Å². The van der Waals surface area contributed by atoms with Crippen molar-refractivity contribution in [2.75, 3.05) is 0 Å². The maximum absolute atomic E-state index is 12.6. The summed E-state index contributed by atoms with van der Waals surface area (Å²) in [6, 6.07) is -0.540. The summed E-state index contributed by atoms with van der Waals surface area (Å²) < 4.78 is 14.0. The molecule has 0 aliphatic heterocycles. The number of nitrogens with one attached hydrogen (secondary N) is 2. The van der Waals surface area contributed by atoms with E-state index in [2.05, 4.69) is 31.7 Å². The summed E-state index contributed by atoms with van der Waals surface area (Å²) in [5, 5.41) is 2.72. The molecule has 0 radical (unpaired) electrons. The van der Waals surface area contributed by atoms with Gasteiger partial charge in [-0.3, -0.25) is 3.53 Å². The molecular formula is C16H29IN2O4. The van der Waals surface area contributed by atoms with Gasteiger partial charge in [0.2, 0.25) is 0 Å². The van der Waals surface area contributed by atoms with Crippen LogP contribution in [0, 0.1) is 5.92 Å². The van der Waals surface area contributed by atoms with Crippen molar-refractivity contribution in [3.63, 3.8) is 0 Å². The molecule has 0 spiro atoms. The summed E-state index contributed by atoms with van der Waals surface area (Å²) in [4.78, 5) is 24.7. The second-order valence-corrected chi connectivity index (χ2v) is 8.59. The lowest BCUT2D eigenvalue weighted by atomic mass is 9.94. The number of amides is 1. The number of rotatable bonds is 4. The van der Waals surface area contributed by atoms with Gasteiger partial charge in [-0.1, -0.05) is 6.42 Å². The summed E-state index contributed by atoms with van der Waals surface area (Å²) in [6.45, 7) is 10.8. The van der Waals surface area contributed by atoms with E-state index in [0.717, 1.165) is 19.3 Å². The molecule has 1 rings (SSSR count). The fourth-order valence-electron chi connectivity index (χ4n) is 2.66. The number of ether oxygens (including phenoxy) is 2. The first-order valence-corrected chi connectivity index (χ1v) is 9.09. The number of hydrogen-bond donors (Lipinski definition) is 2. The van der Waals surface area contributed by atoms with E-state index in [1.54, 1.807) is 20.8 Å². The lowest BCUT2D eigenvalue weighted by molar-refractivity contribution is -0.159. The number of hydrogen-bond acceptors (Lipinski definition) is 5. The summed E-state index contributed by atoms with van der Waals surface area (Å²) in [5.74, 6) is -0.416. The van der Waals surface area contributed by atoms with E-state index in [-0.39, 0.29) is 12.0 Å². The Bertz CT molecular complexity index is 429. The highest BCUT2D eigenvalue weighted by Gasteiger charge is 2.40. The Balaban J connectivity index is 2.88. The van der Waals surface area contributed by atoms with E-state index in [1.807, 2.05) is 20.8 Å². The van der Waals surface area contributed by atoms with Crippen LogP contribution in [0.2, 0.25) is 0 Å². The van der Waals surface area contributed by atoms with Crippen LogP contribution in [-0.4, -0.2) is 35.3 Å². The molecule has 0 aromatic heterocycles. The van der Waals surface area contributed by atoms with E-state index >= 15 is 0 Å². The van der Waals surface area contributed by atoms with Crippen molar-refractivity contribution in [3.8, 4) is 0 Å². The molecule has 0 aromatic carbocycles. The van der Waals surface area contributed by atoms with Gasteiger partial charge in [-0.2, -0.15) is 0 Å². The Morgan fingerprint density at radius 2 is 1.61 bits per heavy atom. The highest BCUT2D eigenvalue weighted by Crippen LogP contribution is 2.30. The first kappa shape index (κ1) is 20.5. The maximum atomic E-state index is 12.6. The molecule has 2 N–H and O–H groups in total. The van der Waals surface area contributed by atoms with Crippen molar-refractivity contribution < 1.29 is 19.1 Å². The highest BCUT2D eigenvalue weighted by atomic mass is 127. The van der Waals surface area contributed by atoms with Crippen molar-refractivity contribution in [2.45, 2.75) is 84.1 Å². The van der Waals surface area contributed by atoms with E-state index in [0.29, 0.717) is 0 Å². The molecule has 3 atom stereocenters. The minimum atomic E-state index is -0.709. The normalized spacial score (nSPS) is 23.3. The number of halogens is 1. The third-order valence-electron chi connectivity index (χ3n) is 3.47. The smallest absolute Gasteiger partial charge is 0.408 e. The van der Waals surface area contributed by atoms with Crippen LogP contribution >= 0.6 is 22.9 Å². The van der Waals surface area contributed by atoms with Crippen LogP contribution < -0.4 is 8.85 Å². The van der Waals surface area contributed by atoms with Gasteiger partial charge in [0.15, 0.2) is 0 Å². The van der Waals surface area contributed by atoms with Gasteiger partial charge in [0.05, 0.1) is 0 Å². The van der Waals surface area contributed by atoms with Crippen molar-refractivity contribution in [1.29, 1.82) is 0 Å². The fourth-order valence-corrected chi connectivity index (χ4v) is 3.44. The van der Waals surface area contributed by atoms with E-state index in [9.17, 15) is 9.59 Å². The molecule has 0 aromatic rings. The monoisotopic (exact) mass is 440 g/mol. The Labute approximate surface area is 152 Å². The van der Waals surface area contributed by atoms with Gasteiger partial charge in [-0.15, -0.1) is 0 Å². The Kier molecular flexibility index (Phi) is 7.12. The topological polar surface area (TPSA) is 76.7 Å². The molecule has 1 aliphatic carbocycles. The average Bonchev–Trinajstić information content (AvgIpc) is 2.79. The minimum Gasteiger partial charge on any atom is -0.458 e. The lowest BCUT2D eigenvalue weighted by Gasteiger charge is -2.31. The summed E-state index contributed by atoms with van der Waals surface area (Å²) in [7, 11) is 0. The van der Waals surface area contributed by atoms with Crippen LogP contribution in [0.5, 0.6) is 0 Å². The number of esters is 1. The van der Waals surface area contributed by atoms with E-state index < -0.39 is 29.3 Å². The van der Waals surface area contributed by atoms with E-state index in [4.69, 9.17) is 9.47 Å². The SMILES string of the molecule is CC(C)(C)OC(=O)N[C@H](C(=O)OC(C)(C)C)[C@H]1CCC[C@H]1NI. The first-order valence-electron chi connectivity index (χ1n) is 8.01. The molecule has 1 saturated carbocycles. The highest BCUT2D eigenvalue weighted by molar-refractivity contribution is 14.1. The zero-order chi connectivity index (χ0) is 17.8. The van der Waals surface area contributed by atoms with Crippen molar-refractivity contribution >= 4 is 34.9 Å². The number of alkyl carbamates (subject to hydrolysis) is 1. The van der Waals surface area contributed by atoms with Gasteiger partial charge in [0.1, 0.15) is 17.2 Å². The molecule has 6 nitrogen and oxygen atoms in total. The van der Waals surface area contributed by atoms with Crippen LogP contribution in [0.25, 0.3) is 0 Å². The fraction of sp³-hybridized carbons (Fsp3) is 0.875. The van der Waals surface area contributed by atoms with Crippen LogP contribution in [-0.2, 0) is 14.3 Å². The predicted molar refractivity (Wildman–Crippen MR) is 97.3 cm³/mol. The van der Waals surface area contributed by atoms with Gasteiger partial charge in [-0.05, 0) is 54.4 Å². The average molecular weight is 440 g/mol. The van der Waals surface area contributed by atoms with Crippen molar-refractivity contribution in [2.24, 2.45) is 5.92 Å². The quantitative estimate of drug-likeness (QED) is 0.399. The Hall–Kier alpha value is -0.570. The van der Waals surface area contributed by atoms with E-state index in [1.165, 1.54) is 0 Å². The molecule has 0 saturated heterocycles. The molecule has 1 fully saturated rings. The summed E-state index contributed by atoms with van der Waals surface area (Å²) in [6.07, 6.45) is 2.26. The Morgan fingerprint density at radius 3 is 2.09 bits per heavy atom. The zero-order valence-corrected chi connectivity index (χ0v) is 17.0. The van der Waals surface area contributed by atoms with Gasteiger partial charge >= 0.3 is 12.1 Å². The van der Waals surface area contributed by atoms with Crippen molar-refractivity contribution in [1.82, 2.24) is 8.85 Å². The standard InChI is InChI=1S/C16H29IN2O4/c1-15(2,3)22-13(20)12(10-8-7-9-11(10)19-17)18-14(21)23-16(4,5)6/h10-12,19H,7-9H2,1-6H3,(H,18,21)/t10-,11+,12-/m0/s1. The third-order valence-corrected chi connectivity index (χ3v) is 4.27. The summed E-state index contributed by atoms with van der Waals surface area (Å²) >= 11 is 2.10. The summed E-state index contributed by atoms with van der Waals surface area (Å²) in [5.41, 5.74) is -1.21. The first-order chi connectivity index (χ1) is 10.4. The van der Waals surface area contributed by atoms with Gasteiger partial charge in [0, 0.05) is 34.8 Å². The minimum absolute atomic E-state index is 0.00531. The third kappa shape index (κ3) is 7.24. The largest absolute Gasteiger partial charge is 0.458 e. The molecular weight excluding hydrogens is 411 g/mol. The lowest BCUT2D eigenvalue weighted by Crippen LogP contribution is -2.52. The molecule has 1 amide bonds. The molecule has 134 valence electrons. The molecule has 1 aliphatic rings. The molecule has 7 heteroatoms. The maximum Gasteiger partial charge on any atom is 0.408 e. The second kappa shape index (κ2) is 8.00. The number of carbonyl (C=O) groups excluding carboxylic acids is 2. The predicted octanol–water partition coefficient (Wildman–Crippen LogP) is 3.33. The van der Waals surface area contributed by atoms with Gasteiger partial charge in [0.25, 0.3) is 0 Å². The van der Waals surface area contributed by atoms with Gasteiger partial charge in [-0.25, -0.2) is 9.59 Å². The molecule has 0 unspecified atom stereocenters. The van der Waals surface area contributed by atoms with Crippen LogP contribution in [0.1, 0.15) is 60.8 Å². The molecule has 0 heterocycles. The van der Waals surface area contributed by atoms with Crippen molar-refractivity contribution in [3.05, 3.63) is 0 Å². The van der Waals surface area contributed by atoms with Crippen LogP contribution in [0.4, 0.5) is 4.79 Å². The van der Waals surface area contributed by atoms with Crippen LogP contribution in [0.15, 0.2) is 0 Å². The molecule has 0 bridgehead atoms.